The van der Waals surface area contributed by atoms with Gasteiger partial charge < -0.3 is 15.5 Å². The number of likely N-dealkylation sites (tertiary alicyclic amines) is 1. The van der Waals surface area contributed by atoms with Crippen LogP contribution in [-0.2, 0) is 4.79 Å². The summed E-state index contributed by atoms with van der Waals surface area (Å²) < 4.78 is 0. The second-order valence-electron chi connectivity index (χ2n) is 8.53. The third-order valence-electron chi connectivity index (χ3n) is 5.51. The van der Waals surface area contributed by atoms with Gasteiger partial charge in [0.25, 0.3) is 11.8 Å². The number of amides is 3. The van der Waals surface area contributed by atoms with Crippen molar-refractivity contribution >= 4 is 23.4 Å². The molecule has 6 heteroatoms. The van der Waals surface area contributed by atoms with E-state index in [1.54, 1.807) is 35.2 Å². The van der Waals surface area contributed by atoms with Gasteiger partial charge in [0.1, 0.15) is 6.04 Å². The number of anilines is 1. The van der Waals surface area contributed by atoms with Gasteiger partial charge >= 0.3 is 0 Å². The van der Waals surface area contributed by atoms with Crippen LogP contribution < -0.4 is 10.6 Å². The van der Waals surface area contributed by atoms with Crippen molar-refractivity contribution in [3.05, 3.63) is 65.2 Å². The molecule has 0 radical (unpaired) electrons. The third kappa shape index (κ3) is 5.94. The maximum absolute atomic E-state index is 13.0. The predicted molar refractivity (Wildman–Crippen MR) is 122 cm³/mol. The fourth-order valence-electron chi connectivity index (χ4n) is 3.74. The first kappa shape index (κ1) is 22.5. The molecule has 6 nitrogen and oxygen atoms in total. The van der Waals surface area contributed by atoms with E-state index in [1.165, 1.54) is 0 Å². The van der Waals surface area contributed by atoms with Gasteiger partial charge in [0.15, 0.2) is 0 Å². The predicted octanol–water partition coefficient (Wildman–Crippen LogP) is 4.01. The first-order valence-electron chi connectivity index (χ1n) is 10.9. The van der Waals surface area contributed by atoms with Gasteiger partial charge in [-0.25, -0.2) is 0 Å². The summed E-state index contributed by atoms with van der Waals surface area (Å²) in [6.07, 6.45) is 2.42. The lowest BCUT2D eigenvalue weighted by Crippen LogP contribution is -2.46. The van der Waals surface area contributed by atoms with Gasteiger partial charge in [-0.1, -0.05) is 31.5 Å². The summed E-state index contributed by atoms with van der Waals surface area (Å²) in [5.74, 6) is 0.0959. The number of carbonyl (C=O) groups excluding carboxylic acids is 3. The van der Waals surface area contributed by atoms with Crippen molar-refractivity contribution in [1.82, 2.24) is 10.2 Å². The Morgan fingerprint density at radius 1 is 1.06 bits per heavy atom. The van der Waals surface area contributed by atoms with E-state index >= 15 is 0 Å². The molecular formula is C25H31N3O3. The molecule has 164 valence electrons. The average Bonchev–Trinajstić information content (AvgIpc) is 3.23. The molecule has 31 heavy (non-hydrogen) atoms. The molecule has 1 fully saturated rings. The van der Waals surface area contributed by atoms with Crippen LogP contribution in [0.4, 0.5) is 5.69 Å². The molecule has 3 rings (SSSR count). The molecule has 1 aliphatic rings. The van der Waals surface area contributed by atoms with Gasteiger partial charge in [0.2, 0.25) is 5.91 Å². The van der Waals surface area contributed by atoms with Gasteiger partial charge in [0.05, 0.1) is 0 Å². The Morgan fingerprint density at radius 3 is 2.48 bits per heavy atom. The van der Waals surface area contributed by atoms with Gasteiger partial charge in [-0.3, -0.25) is 14.4 Å². The van der Waals surface area contributed by atoms with E-state index < -0.39 is 6.04 Å². The minimum absolute atomic E-state index is 0.0754. The van der Waals surface area contributed by atoms with E-state index in [0.717, 1.165) is 18.4 Å². The third-order valence-corrected chi connectivity index (χ3v) is 5.51. The molecule has 1 saturated heterocycles. The molecule has 1 atom stereocenters. The molecule has 2 aromatic rings. The fourth-order valence-corrected chi connectivity index (χ4v) is 3.74. The Bertz CT molecular complexity index is 937. The van der Waals surface area contributed by atoms with Crippen molar-refractivity contribution in [2.75, 3.05) is 18.4 Å². The van der Waals surface area contributed by atoms with Crippen molar-refractivity contribution in [2.24, 2.45) is 5.92 Å². The van der Waals surface area contributed by atoms with Gasteiger partial charge in [-0.2, -0.15) is 0 Å². The Kier molecular flexibility index (Phi) is 7.45. The first-order chi connectivity index (χ1) is 14.8. The summed E-state index contributed by atoms with van der Waals surface area (Å²) in [6.45, 7) is 7.37. The van der Waals surface area contributed by atoms with Crippen LogP contribution >= 0.6 is 0 Å². The number of aryl methyl sites for hydroxylation is 1. The largest absolute Gasteiger partial charge is 0.354 e. The maximum Gasteiger partial charge on any atom is 0.255 e. The van der Waals surface area contributed by atoms with Crippen molar-refractivity contribution < 1.29 is 14.4 Å². The quantitative estimate of drug-likeness (QED) is 0.709. The molecule has 2 N–H and O–H groups in total. The highest BCUT2D eigenvalue weighted by Gasteiger charge is 2.34. The second kappa shape index (κ2) is 10.2. The Labute approximate surface area is 184 Å². The molecule has 0 unspecified atom stereocenters. The highest BCUT2D eigenvalue weighted by molar-refractivity contribution is 6.04. The zero-order chi connectivity index (χ0) is 22.4. The van der Waals surface area contributed by atoms with Crippen LogP contribution in [-0.4, -0.2) is 41.8 Å². The van der Waals surface area contributed by atoms with Crippen LogP contribution in [0.3, 0.4) is 0 Å². The van der Waals surface area contributed by atoms with Crippen molar-refractivity contribution in [1.29, 1.82) is 0 Å². The standard InChI is InChI=1S/C25H31N3O3/c1-17(2)13-14-26-24(30)22-8-5-15-28(22)25(31)19-9-11-21(12-10-19)27-23(29)20-7-4-6-18(3)16-20/h4,6-7,9-12,16-17,22H,5,8,13-15H2,1-3H3,(H,26,30)(H,27,29)/t22-/m1/s1. The van der Waals surface area contributed by atoms with Gasteiger partial charge in [-0.05, 0) is 68.5 Å². The Morgan fingerprint density at radius 2 is 1.81 bits per heavy atom. The van der Waals surface area contributed by atoms with E-state index in [4.69, 9.17) is 0 Å². The molecule has 0 spiro atoms. The summed E-state index contributed by atoms with van der Waals surface area (Å²) >= 11 is 0. The number of carbonyl (C=O) groups is 3. The van der Waals surface area contributed by atoms with E-state index in [0.29, 0.717) is 42.2 Å². The summed E-state index contributed by atoms with van der Waals surface area (Å²) in [4.78, 5) is 39.6. The molecule has 0 saturated carbocycles. The number of rotatable bonds is 7. The molecule has 0 aromatic heterocycles. The van der Waals surface area contributed by atoms with Crippen LogP contribution in [0.2, 0.25) is 0 Å². The summed E-state index contributed by atoms with van der Waals surface area (Å²) in [7, 11) is 0. The van der Waals surface area contributed by atoms with Crippen LogP contribution in [0, 0.1) is 12.8 Å². The van der Waals surface area contributed by atoms with E-state index in [2.05, 4.69) is 24.5 Å². The lowest BCUT2D eigenvalue weighted by atomic mass is 10.1. The topological polar surface area (TPSA) is 78.5 Å². The smallest absolute Gasteiger partial charge is 0.255 e. The van der Waals surface area contributed by atoms with Crippen LogP contribution in [0.1, 0.15) is 59.4 Å². The summed E-state index contributed by atoms with van der Waals surface area (Å²) in [5, 5.41) is 5.81. The minimum atomic E-state index is -0.416. The number of benzene rings is 2. The lowest BCUT2D eigenvalue weighted by Gasteiger charge is -2.24. The molecule has 1 aliphatic heterocycles. The van der Waals surface area contributed by atoms with Crippen molar-refractivity contribution in [3.8, 4) is 0 Å². The average molecular weight is 422 g/mol. The van der Waals surface area contributed by atoms with Crippen molar-refractivity contribution in [3.63, 3.8) is 0 Å². The molecule has 0 bridgehead atoms. The van der Waals surface area contributed by atoms with E-state index in [9.17, 15) is 14.4 Å². The highest BCUT2D eigenvalue weighted by Crippen LogP contribution is 2.21. The molecule has 1 heterocycles. The normalized spacial score (nSPS) is 15.7. The van der Waals surface area contributed by atoms with Crippen LogP contribution in [0.25, 0.3) is 0 Å². The first-order valence-corrected chi connectivity index (χ1v) is 10.9. The lowest BCUT2D eigenvalue weighted by molar-refractivity contribution is -0.124. The Hall–Kier alpha value is -3.15. The van der Waals surface area contributed by atoms with E-state index in [1.807, 2.05) is 25.1 Å². The summed E-state index contributed by atoms with van der Waals surface area (Å²) in [5.41, 5.74) is 2.73. The number of hydrogen-bond acceptors (Lipinski definition) is 3. The van der Waals surface area contributed by atoms with E-state index in [-0.39, 0.29) is 17.7 Å². The SMILES string of the molecule is Cc1cccc(C(=O)Nc2ccc(C(=O)N3CCC[C@@H]3C(=O)NCCC(C)C)cc2)c1. The van der Waals surface area contributed by atoms with Gasteiger partial charge in [-0.15, -0.1) is 0 Å². The molecule has 3 amide bonds. The van der Waals surface area contributed by atoms with Crippen LogP contribution in [0.15, 0.2) is 48.5 Å². The van der Waals surface area contributed by atoms with Crippen LogP contribution in [0.5, 0.6) is 0 Å². The monoisotopic (exact) mass is 421 g/mol. The highest BCUT2D eigenvalue weighted by atomic mass is 16.2. The minimum Gasteiger partial charge on any atom is -0.354 e. The maximum atomic E-state index is 13.0. The fraction of sp³-hybridized carbons (Fsp3) is 0.400. The van der Waals surface area contributed by atoms with Crippen molar-refractivity contribution in [2.45, 2.75) is 46.1 Å². The second-order valence-corrected chi connectivity index (χ2v) is 8.53. The molecular weight excluding hydrogens is 390 g/mol. The molecule has 0 aliphatic carbocycles. The van der Waals surface area contributed by atoms with Gasteiger partial charge in [0, 0.05) is 29.9 Å². The zero-order valence-electron chi connectivity index (χ0n) is 18.5. The molecule has 2 aromatic carbocycles. The Balaban J connectivity index is 1.61. The zero-order valence-corrected chi connectivity index (χ0v) is 18.5. The number of hydrogen-bond donors (Lipinski definition) is 2. The number of nitrogens with one attached hydrogen (secondary N) is 2. The number of nitrogens with zero attached hydrogens (tertiary/aromatic N) is 1. The summed E-state index contributed by atoms with van der Waals surface area (Å²) in [6, 6.07) is 13.8.